The van der Waals surface area contributed by atoms with Crippen molar-refractivity contribution in [2.45, 2.75) is 19.2 Å². The molecule has 2 rings (SSSR count). The zero-order valence-electron chi connectivity index (χ0n) is 12.5. The van der Waals surface area contributed by atoms with Crippen LogP contribution in [0.4, 0.5) is 0 Å². The fourth-order valence-electron chi connectivity index (χ4n) is 2.06. The summed E-state index contributed by atoms with van der Waals surface area (Å²) >= 11 is 6.09. The molecule has 22 heavy (non-hydrogen) atoms. The van der Waals surface area contributed by atoms with Crippen LogP contribution in [-0.2, 0) is 22.3 Å². The molecule has 0 aliphatic carbocycles. The van der Waals surface area contributed by atoms with Crippen LogP contribution < -0.4 is 9.46 Å². The topological polar surface area (TPSA) is 55.4 Å². The lowest BCUT2D eigenvalue weighted by atomic mass is 10.1. The molecule has 0 radical (unpaired) electrons. The molecule has 4 nitrogen and oxygen atoms in total. The third-order valence-corrected chi connectivity index (χ3v) is 4.95. The third-order valence-electron chi connectivity index (χ3n) is 3.24. The molecule has 0 saturated carbocycles. The zero-order chi connectivity index (χ0) is 16.2. The van der Waals surface area contributed by atoms with Crippen LogP contribution in [0.5, 0.6) is 5.75 Å². The number of ether oxygens (including phenoxy) is 1. The maximum atomic E-state index is 12.1. The van der Waals surface area contributed by atoms with E-state index in [1.165, 1.54) is 0 Å². The minimum atomic E-state index is -3.43. The minimum Gasteiger partial charge on any atom is -0.496 e. The molecule has 0 bridgehead atoms. The van der Waals surface area contributed by atoms with E-state index >= 15 is 0 Å². The first-order valence-electron chi connectivity index (χ1n) is 6.75. The van der Waals surface area contributed by atoms with Crippen molar-refractivity contribution in [2.75, 3.05) is 7.11 Å². The van der Waals surface area contributed by atoms with E-state index in [4.69, 9.17) is 16.3 Å². The first-order chi connectivity index (χ1) is 10.4. The fourth-order valence-corrected chi connectivity index (χ4v) is 3.35. The molecular formula is C16H18ClNO3S. The average Bonchev–Trinajstić information content (AvgIpc) is 2.48. The van der Waals surface area contributed by atoms with E-state index in [1.54, 1.807) is 31.4 Å². The first kappa shape index (κ1) is 16.8. The van der Waals surface area contributed by atoms with E-state index in [0.717, 1.165) is 11.1 Å². The summed E-state index contributed by atoms with van der Waals surface area (Å²) in [5, 5.41) is 0.582. The molecule has 0 unspecified atom stereocenters. The van der Waals surface area contributed by atoms with Gasteiger partial charge in [-0.25, -0.2) is 13.1 Å². The van der Waals surface area contributed by atoms with Crippen molar-refractivity contribution in [2.24, 2.45) is 0 Å². The highest BCUT2D eigenvalue weighted by Crippen LogP contribution is 2.26. The fraction of sp³-hybridized carbons (Fsp3) is 0.250. The van der Waals surface area contributed by atoms with Crippen LogP contribution in [0.15, 0.2) is 42.5 Å². The molecule has 118 valence electrons. The maximum Gasteiger partial charge on any atom is 0.216 e. The highest BCUT2D eigenvalue weighted by Gasteiger charge is 2.14. The van der Waals surface area contributed by atoms with Gasteiger partial charge in [-0.05, 0) is 30.2 Å². The average molecular weight is 340 g/mol. The Morgan fingerprint density at radius 2 is 1.86 bits per heavy atom. The van der Waals surface area contributed by atoms with Crippen LogP contribution in [0.3, 0.4) is 0 Å². The molecule has 0 aromatic heterocycles. The van der Waals surface area contributed by atoms with Crippen LogP contribution in [0, 0.1) is 6.92 Å². The third kappa shape index (κ3) is 4.47. The Kier molecular flexibility index (Phi) is 5.45. The number of benzene rings is 2. The molecule has 0 heterocycles. The van der Waals surface area contributed by atoms with Crippen molar-refractivity contribution in [3.8, 4) is 5.75 Å². The van der Waals surface area contributed by atoms with Crippen LogP contribution in [0.25, 0.3) is 0 Å². The summed E-state index contributed by atoms with van der Waals surface area (Å²) in [6, 6.07) is 12.6. The predicted octanol–water partition coefficient (Wildman–Crippen LogP) is 3.28. The summed E-state index contributed by atoms with van der Waals surface area (Å²) in [6.45, 7) is 2.01. The Morgan fingerprint density at radius 3 is 2.50 bits per heavy atom. The molecule has 0 fully saturated rings. The first-order valence-corrected chi connectivity index (χ1v) is 8.78. The predicted molar refractivity (Wildman–Crippen MR) is 88.6 cm³/mol. The summed E-state index contributed by atoms with van der Waals surface area (Å²) in [5.74, 6) is 0.555. The van der Waals surface area contributed by atoms with Gasteiger partial charge in [0.25, 0.3) is 0 Å². The molecule has 0 saturated heterocycles. The molecule has 1 N–H and O–H groups in total. The van der Waals surface area contributed by atoms with Crippen molar-refractivity contribution >= 4 is 21.6 Å². The van der Waals surface area contributed by atoms with Crippen molar-refractivity contribution in [1.29, 1.82) is 0 Å². The zero-order valence-corrected chi connectivity index (χ0v) is 14.0. The molecule has 2 aromatic carbocycles. The molecule has 0 amide bonds. The number of methoxy groups -OCH3 is 1. The Bertz CT molecular complexity index is 745. The number of aryl methyl sites for hydroxylation is 1. The van der Waals surface area contributed by atoms with Gasteiger partial charge in [0.1, 0.15) is 5.75 Å². The lowest BCUT2D eigenvalue weighted by Gasteiger charge is -2.12. The van der Waals surface area contributed by atoms with E-state index in [2.05, 4.69) is 4.72 Å². The van der Waals surface area contributed by atoms with Crippen molar-refractivity contribution in [1.82, 2.24) is 4.72 Å². The molecule has 2 aromatic rings. The van der Waals surface area contributed by atoms with Gasteiger partial charge < -0.3 is 4.74 Å². The summed E-state index contributed by atoms with van der Waals surface area (Å²) in [5.41, 5.74) is 2.33. The van der Waals surface area contributed by atoms with E-state index in [0.29, 0.717) is 16.3 Å². The Balaban J connectivity index is 2.10. The van der Waals surface area contributed by atoms with Gasteiger partial charge in [0.2, 0.25) is 10.0 Å². The summed E-state index contributed by atoms with van der Waals surface area (Å²) in [4.78, 5) is 0. The van der Waals surface area contributed by atoms with E-state index in [9.17, 15) is 8.42 Å². The minimum absolute atomic E-state index is 0.0598. The van der Waals surface area contributed by atoms with Crippen LogP contribution in [0.1, 0.15) is 16.7 Å². The highest BCUT2D eigenvalue weighted by atomic mass is 35.5. The second-order valence-electron chi connectivity index (χ2n) is 4.98. The second kappa shape index (κ2) is 7.13. The largest absolute Gasteiger partial charge is 0.496 e. The monoisotopic (exact) mass is 339 g/mol. The van der Waals surface area contributed by atoms with Gasteiger partial charge in [0, 0.05) is 17.1 Å². The van der Waals surface area contributed by atoms with E-state index in [-0.39, 0.29) is 12.3 Å². The lowest BCUT2D eigenvalue weighted by molar-refractivity contribution is 0.409. The Hall–Kier alpha value is -1.56. The van der Waals surface area contributed by atoms with Crippen molar-refractivity contribution < 1.29 is 13.2 Å². The number of hydrogen-bond donors (Lipinski definition) is 1. The summed E-state index contributed by atoms with van der Waals surface area (Å²) < 4.78 is 32.1. The van der Waals surface area contributed by atoms with Gasteiger partial charge in [0.15, 0.2) is 0 Å². The number of sulfonamides is 1. The molecule has 0 atom stereocenters. The van der Waals surface area contributed by atoms with Crippen LogP contribution >= 0.6 is 11.6 Å². The van der Waals surface area contributed by atoms with Gasteiger partial charge in [-0.1, -0.05) is 41.9 Å². The van der Waals surface area contributed by atoms with Gasteiger partial charge in [-0.15, -0.1) is 0 Å². The van der Waals surface area contributed by atoms with Gasteiger partial charge >= 0.3 is 0 Å². The number of halogens is 1. The second-order valence-corrected chi connectivity index (χ2v) is 7.19. The van der Waals surface area contributed by atoms with Gasteiger partial charge in [-0.2, -0.15) is 0 Å². The highest BCUT2D eigenvalue weighted by molar-refractivity contribution is 7.88. The SMILES string of the molecule is COc1cc(C)c(Cl)cc1CNS(=O)(=O)Cc1ccccc1. The normalized spacial score (nSPS) is 11.4. The molecule has 6 heteroatoms. The Morgan fingerprint density at radius 1 is 1.18 bits per heavy atom. The van der Waals surface area contributed by atoms with E-state index in [1.807, 2.05) is 25.1 Å². The van der Waals surface area contributed by atoms with Gasteiger partial charge in [0.05, 0.1) is 12.9 Å². The number of nitrogens with one attached hydrogen (secondary N) is 1. The summed E-state index contributed by atoms with van der Waals surface area (Å²) in [7, 11) is -1.88. The number of rotatable bonds is 6. The molecule has 0 spiro atoms. The molecular weight excluding hydrogens is 322 g/mol. The molecule has 0 aliphatic heterocycles. The van der Waals surface area contributed by atoms with Crippen molar-refractivity contribution in [3.63, 3.8) is 0 Å². The maximum absolute atomic E-state index is 12.1. The standard InChI is InChI=1S/C16H18ClNO3S/c1-12-8-16(21-2)14(9-15(12)17)10-18-22(19,20)11-13-6-4-3-5-7-13/h3-9,18H,10-11H2,1-2H3. The van der Waals surface area contributed by atoms with Gasteiger partial charge in [-0.3, -0.25) is 0 Å². The Labute approximate surface area is 136 Å². The van der Waals surface area contributed by atoms with Crippen LogP contribution in [-0.4, -0.2) is 15.5 Å². The van der Waals surface area contributed by atoms with E-state index < -0.39 is 10.0 Å². The number of hydrogen-bond acceptors (Lipinski definition) is 3. The van der Waals surface area contributed by atoms with Crippen molar-refractivity contribution in [3.05, 3.63) is 64.2 Å². The molecule has 0 aliphatic rings. The lowest BCUT2D eigenvalue weighted by Crippen LogP contribution is -2.25. The summed E-state index contributed by atoms with van der Waals surface area (Å²) in [6.07, 6.45) is 0. The smallest absolute Gasteiger partial charge is 0.216 e. The quantitative estimate of drug-likeness (QED) is 0.878. The van der Waals surface area contributed by atoms with Crippen LogP contribution in [0.2, 0.25) is 5.02 Å².